The van der Waals surface area contributed by atoms with Crippen molar-refractivity contribution in [3.05, 3.63) is 21.3 Å². The molecule has 1 aromatic heterocycles. The number of amidine groups is 1. The molecule has 1 atom stereocenters. The zero-order valence-corrected chi connectivity index (χ0v) is 11.1. The van der Waals surface area contributed by atoms with Crippen molar-refractivity contribution in [2.45, 2.75) is 0 Å². The Morgan fingerprint density at radius 2 is 2.35 bits per heavy atom. The van der Waals surface area contributed by atoms with Gasteiger partial charge in [-0.05, 0) is 12.1 Å². The molecule has 1 aliphatic rings. The number of likely N-dealkylation sites (N-methyl/N-ethyl adjacent to an activating group) is 1. The third-order valence-corrected chi connectivity index (χ3v) is 3.94. The van der Waals surface area contributed by atoms with E-state index in [1.54, 1.807) is 13.2 Å². The fourth-order valence-corrected chi connectivity index (χ4v) is 2.76. The maximum Gasteiger partial charge on any atom is 0.443 e. The lowest BCUT2D eigenvalue weighted by Gasteiger charge is -2.24. The fraction of sp³-hybridized carbons (Fsp3) is 0.400. The van der Waals surface area contributed by atoms with E-state index in [1.165, 1.54) is 11.3 Å². The Labute approximate surface area is 108 Å². The van der Waals surface area contributed by atoms with Crippen LogP contribution in [0.15, 0.2) is 17.2 Å². The first kappa shape index (κ1) is 12.5. The molecule has 1 N–H and O–H groups in total. The number of hydrogen-bond acceptors (Lipinski definition) is 4. The number of rotatable bonds is 4. The molecule has 0 aromatic carbocycles. The van der Waals surface area contributed by atoms with Crippen LogP contribution in [0.2, 0.25) is 4.34 Å². The largest absolute Gasteiger partial charge is 0.443 e. The number of hydrogen-bond donors (Lipinski definition) is 1. The lowest BCUT2D eigenvalue weighted by molar-refractivity contribution is -0.731. The van der Waals surface area contributed by atoms with Crippen LogP contribution in [0, 0.1) is 0 Å². The average molecular weight is 275 g/mol. The number of carbonyl (C=O) groups excluding carboxylic acids is 1. The maximum absolute atomic E-state index is 11.9. The van der Waals surface area contributed by atoms with Crippen LogP contribution in [0.5, 0.6) is 0 Å². The molecular weight excluding hydrogens is 262 g/mol. The molecular formula is C10H13ClN3O2S+. The minimum absolute atomic E-state index is 0.0880. The molecule has 2 heterocycles. The summed E-state index contributed by atoms with van der Waals surface area (Å²) in [6.07, 6.45) is 0. The van der Waals surface area contributed by atoms with Crippen molar-refractivity contribution in [1.29, 1.82) is 0 Å². The summed E-state index contributed by atoms with van der Waals surface area (Å²) in [5.74, 6) is 0.684. The molecule has 7 heteroatoms. The molecule has 2 amide bonds. The lowest BCUT2D eigenvalue weighted by atomic mass is 10.3. The third-order valence-electron chi connectivity index (χ3n) is 2.71. The summed E-state index contributed by atoms with van der Waals surface area (Å²) in [7, 11) is 3.42. The monoisotopic (exact) mass is 274 g/mol. The molecule has 92 valence electrons. The highest BCUT2D eigenvalue weighted by atomic mass is 35.5. The van der Waals surface area contributed by atoms with Gasteiger partial charge in [-0.2, -0.15) is 9.91 Å². The number of nitrogens with zero attached hydrogens (tertiary/aromatic N) is 2. The van der Waals surface area contributed by atoms with Gasteiger partial charge in [0, 0.05) is 7.11 Å². The van der Waals surface area contributed by atoms with Crippen LogP contribution in [0.3, 0.4) is 0 Å². The van der Waals surface area contributed by atoms with E-state index in [2.05, 4.69) is 10.5 Å². The summed E-state index contributed by atoms with van der Waals surface area (Å²) < 4.78 is 5.80. The van der Waals surface area contributed by atoms with Crippen molar-refractivity contribution in [1.82, 2.24) is 5.43 Å². The zero-order valence-electron chi connectivity index (χ0n) is 9.57. The summed E-state index contributed by atoms with van der Waals surface area (Å²) >= 11 is 7.31. The van der Waals surface area contributed by atoms with E-state index in [0.29, 0.717) is 23.3 Å². The molecule has 1 aromatic rings. The molecule has 0 saturated heterocycles. The predicted molar refractivity (Wildman–Crippen MR) is 67.3 cm³/mol. The van der Waals surface area contributed by atoms with Gasteiger partial charge in [0.25, 0.3) is 5.84 Å². The van der Waals surface area contributed by atoms with Crippen LogP contribution in [-0.4, -0.2) is 43.7 Å². The van der Waals surface area contributed by atoms with Crippen molar-refractivity contribution in [2.24, 2.45) is 5.10 Å². The van der Waals surface area contributed by atoms with E-state index in [9.17, 15) is 4.79 Å². The van der Waals surface area contributed by atoms with E-state index in [1.807, 2.05) is 13.1 Å². The van der Waals surface area contributed by atoms with E-state index in [0.717, 1.165) is 4.88 Å². The van der Waals surface area contributed by atoms with E-state index >= 15 is 0 Å². The van der Waals surface area contributed by atoms with Gasteiger partial charge < -0.3 is 4.74 Å². The van der Waals surface area contributed by atoms with Crippen LogP contribution in [-0.2, 0) is 4.74 Å². The van der Waals surface area contributed by atoms with Crippen LogP contribution >= 0.6 is 22.9 Å². The zero-order chi connectivity index (χ0) is 12.5. The molecule has 2 rings (SSSR count). The normalized spacial score (nSPS) is 23.7. The highest BCUT2D eigenvalue weighted by molar-refractivity contribution is 7.18. The van der Waals surface area contributed by atoms with Crippen molar-refractivity contribution >= 4 is 34.8 Å². The number of nitrogens with one attached hydrogen (secondary N) is 1. The Morgan fingerprint density at radius 1 is 1.59 bits per heavy atom. The second kappa shape index (κ2) is 4.73. The number of ether oxygens (including phenoxy) is 1. The standard InChI is InChI=1S/C10H12ClN3O2S/c1-14(5-6-16-2)9(12-13-10(14)15)7-3-4-8(11)17-7/h3-4H,5-6H2,1-2H3/p+1. The van der Waals surface area contributed by atoms with E-state index < -0.39 is 0 Å². The molecule has 0 fully saturated rings. The van der Waals surface area contributed by atoms with Crippen LogP contribution in [0.25, 0.3) is 0 Å². The van der Waals surface area contributed by atoms with Gasteiger partial charge in [0.1, 0.15) is 11.4 Å². The molecule has 1 aliphatic heterocycles. The third kappa shape index (κ3) is 2.21. The van der Waals surface area contributed by atoms with Gasteiger partial charge in [-0.15, -0.1) is 16.4 Å². The van der Waals surface area contributed by atoms with Crippen molar-refractivity contribution in [2.75, 3.05) is 27.3 Å². The second-order valence-corrected chi connectivity index (χ2v) is 5.58. The number of hydrazone groups is 1. The van der Waals surface area contributed by atoms with Crippen LogP contribution < -0.4 is 5.43 Å². The summed E-state index contributed by atoms with van der Waals surface area (Å²) in [5, 5.41) is 4.09. The number of carbonyl (C=O) groups is 1. The SMILES string of the molecule is COCC[N+]1(C)C(=O)NN=C1c1ccc(Cl)s1. The second-order valence-electron chi connectivity index (χ2n) is 3.86. The highest BCUT2D eigenvalue weighted by Crippen LogP contribution is 2.27. The van der Waals surface area contributed by atoms with Crippen LogP contribution in [0.4, 0.5) is 4.79 Å². The number of urea groups is 1. The Bertz CT molecular complexity index is 474. The predicted octanol–water partition coefficient (Wildman–Crippen LogP) is 1.88. The minimum Gasteiger partial charge on any atom is -0.379 e. The smallest absolute Gasteiger partial charge is 0.379 e. The first-order valence-corrected chi connectivity index (χ1v) is 6.26. The fourth-order valence-electron chi connectivity index (χ4n) is 1.63. The Morgan fingerprint density at radius 3 is 2.94 bits per heavy atom. The molecule has 0 aliphatic carbocycles. The van der Waals surface area contributed by atoms with Crippen molar-refractivity contribution in [3.8, 4) is 0 Å². The van der Waals surface area contributed by atoms with Gasteiger partial charge in [-0.25, -0.2) is 4.79 Å². The molecule has 0 radical (unpaired) electrons. The lowest BCUT2D eigenvalue weighted by Crippen LogP contribution is -2.53. The number of halogens is 1. The van der Waals surface area contributed by atoms with E-state index in [4.69, 9.17) is 16.3 Å². The molecule has 1 unspecified atom stereocenters. The maximum atomic E-state index is 11.9. The summed E-state index contributed by atoms with van der Waals surface area (Å²) in [4.78, 5) is 12.8. The average Bonchev–Trinajstić information content (AvgIpc) is 2.83. The first-order chi connectivity index (χ1) is 8.08. The van der Waals surface area contributed by atoms with Gasteiger partial charge in [-0.1, -0.05) is 11.6 Å². The molecule has 0 spiro atoms. The Hall–Kier alpha value is -0.950. The first-order valence-electron chi connectivity index (χ1n) is 5.07. The molecule has 5 nitrogen and oxygen atoms in total. The summed E-state index contributed by atoms with van der Waals surface area (Å²) in [6.45, 7) is 1.03. The number of thiophene rings is 1. The molecule has 0 bridgehead atoms. The molecule has 0 saturated carbocycles. The Kier molecular flexibility index (Phi) is 3.48. The van der Waals surface area contributed by atoms with Gasteiger partial charge in [0.05, 0.1) is 18.0 Å². The van der Waals surface area contributed by atoms with Crippen molar-refractivity contribution < 1.29 is 14.0 Å². The minimum atomic E-state index is -0.151. The highest BCUT2D eigenvalue weighted by Gasteiger charge is 2.44. The van der Waals surface area contributed by atoms with Gasteiger partial charge in [0.15, 0.2) is 0 Å². The number of amides is 2. The molecule has 17 heavy (non-hydrogen) atoms. The quantitative estimate of drug-likeness (QED) is 0.853. The van der Waals surface area contributed by atoms with Gasteiger partial charge in [0.2, 0.25) is 0 Å². The Balaban J connectivity index is 2.30. The van der Waals surface area contributed by atoms with Crippen molar-refractivity contribution in [3.63, 3.8) is 0 Å². The topological polar surface area (TPSA) is 50.7 Å². The van der Waals surface area contributed by atoms with E-state index in [-0.39, 0.29) is 10.5 Å². The number of methoxy groups -OCH3 is 1. The summed E-state index contributed by atoms with van der Waals surface area (Å²) in [5.41, 5.74) is 2.51. The number of quaternary nitrogens is 1. The summed E-state index contributed by atoms with van der Waals surface area (Å²) in [6, 6.07) is 3.52. The van der Waals surface area contributed by atoms with Crippen LogP contribution in [0.1, 0.15) is 4.88 Å². The van der Waals surface area contributed by atoms with Gasteiger partial charge in [-0.3, -0.25) is 0 Å². The van der Waals surface area contributed by atoms with Gasteiger partial charge >= 0.3 is 6.03 Å².